The van der Waals surface area contributed by atoms with Gasteiger partial charge in [0.25, 0.3) is 0 Å². The zero-order valence-electron chi connectivity index (χ0n) is 15.3. The normalized spacial score (nSPS) is 12.2. The smallest absolute Gasteiger partial charge is 0.191 e. The molecule has 0 saturated heterocycles. The second-order valence-electron chi connectivity index (χ2n) is 5.75. The van der Waals surface area contributed by atoms with E-state index in [0.717, 1.165) is 36.8 Å². The summed E-state index contributed by atoms with van der Waals surface area (Å²) in [5.41, 5.74) is 1.10. The van der Waals surface area contributed by atoms with E-state index in [0.29, 0.717) is 11.6 Å². The van der Waals surface area contributed by atoms with Crippen molar-refractivity contribution >= 4 is 52.9 Å². The van der Waals surface area contributed by atoms with Crippen LogP contribution in [0.2, 0.25) is 5.02 Å². The number of aliphatic imine (C=N–C) groups is 1. The standard InChI is InChI=1S/C18H25ClN4OS.HI/c1-13-12-25-17(23-13)5-4-10-21-18(20-3)22-11-14(2)24-16-8-6-15(19)7-9-16;/h6-9,12,14H,4-5,10-11H2,1-3H3,(H2,20,21,22);1H. The fourth-order valence-corrected chi connectivity index (χ4v) is 3.16. The Balaban J connectivity index is 0.00000338. The summed E-state index contributed by atoms with van der Waals surface area (Å²) in [5.74, 6) is 1.59. The molecule has 0 bridgehead atoms. The van der Waals surface area contributed by atoms with Gasteiger partial charge >= 0.3 is 0 Å². The van der Waals surface area contributed by atoms with Gasteiger partial charge in [-0.3, -0.25) is 4.99 Å². The molecule has 2 aromatic rings. The van der Waals surface area contributed by atoms with E-state index in [1.54, 1.807) is 18.4 Å². The van der Waals surface area contributed by atoms with Gasteiger partial charge in [-0.15, -0.1) is 35.3 Å². The average molecular weight is 509 g/mol. The number of hydrogen-bond donors (Lipinski definition) is 2. The summed E-state index contributed by atoms with van der Waals surface area (Å²) in [5, 5.41) is 10.6. The van der Waals surface area contributed by atoms with Gasteiger partial charge in [-0.05, 0) is 44.5 Å². The molecule has 0 amide bonds. The van der Waals surface area contributed by atoms with Crippen LogP contribution in [0, 0.1) is 6.92 Å². The molecule has 2 rings (SSSR count). The number of guanidine groups is 1. The Morgan fingerprint density at radius 1 is 1.31 bits per heavy atom. The largest absolute Gasteiger partial charge is 0.489 e. The van der Waals surface area contributed by atoms with Crippen LogP contribution in [0.3, 0.4) is 0 Å². The van der Waals surface area contributed by atoms with Crippen molar-refractivity contribution in [1.29, 1.82) is 0 Å². The Morgan fingerprint density at radius 2 is 2.04 bits per heavy atom. The fourth-order valence-electron chi connectivity index (χ4n) is 2.21. The Morgan fingerprint density at radius 3 is 2.65 bits per heavy atom. The summed E-state index contributed by atoms with van der Waals surface area (Å²) in [6.07, 6.45) is 2.02. The molecule has 144 valence electrons. The van der Waals surface area contributed by atoms with Crippen molar-refractivity contribution < 1.29 is 4.74 Å². The van der Waals surface area contributed by atoms with Crippen LogP contribution in [0.4, 0.5) is 0 Å². The van der Waals surface area contributed by atoms with Crippen LogP contribution in [-0.4, -0.2) is 37.2 Å². The maximum absolute atomic E-state index is 5.88. The molecule has 0 radical (unpaired) electrons. The van der Waals surface area contributed by atoms with E-state index in [2.05, 4.69) is 26.0 Å². The molecule has 0 spiro atoms. The van der Waals surface area contributed by atoms with Crippen LogP contribution in [0.15, 0.2) is 34.6 Å². The molecule has 1 aromatic carbocycles. The fraction of sp³-hybridized carbons (Fsp3) is 0.444. The van der Waals surface area contributed by atoms with E-state index >= 15 is 0 Å². The van der Waals surface area contributed by atoms with Gasteiger partial charge < -0.3 is 15.4 Å². The molecular weight excluding hydrogens is 483 g/mol. The van der Waals surface area contributed by atoms with Crippen molar-refractivity contribution in [2.75, 3.05) is 20.1 Å². The van der Waals surface area contributed by atoms with Crippen molar-refractivity contribution in [1.82, 2.24) is 15.6 Å². The molecule has 2 N–H and O–H groups in total. The molecule has 8 heteroatoms. The quantitative estimate of drug-likeness (QED) is 0.242. The lowest BCUT2D eigenvalue weighted by Gasteiger charge is -2.17. The minimum absolute atomic E-state index is 0. The number of thiazole rings is 1. The Labute approximate surface area is 181 Å². The maximum atomic E-state index is 5.88. The van der Waals surface area contributed by atoms with Gasteiger partial charge in [-0.1, -0.05) is 11.6 Å². The third-order valence-electron chi connectivity index (χ3n) is 3.46. The van der Waals surface area contributed by atoms with E-state index in [9.17, 15) is 0 Å². The number of aromatic nitrogens is 1. The molecule has 0 aliphatic heterocycles. The second-order valence-corrected chi connectivity index (χ2v) is 7.13. The van der Waals surface area contributed by atoms with Crippen LogP contribution in [0.1, 0.15) is 24.0 Å². The Hall–Kier alpha value is -1.06. The highest BCUT2D eigenvalue weighted by molar-refractivity contribution is 14.0. The van der Waals surface area contributed by atoms with Crippen molar-refractivity contribution in [3.05, 3.63) is 45.4 Å². The zero-order valence-corrected chi connectivity index (χ0v) is 19.2. The number of halogens is 2. The molecule has 1 atom stereocenters. The molecule has 0 aliphatic carbocycles. The SMILES string of the molecule is CN=C(NCCCc1nc(C)cs1)NCC(C)Oc1ccc(Cl)cc1.I. The number of aryl methyl sites for hydroxylation is 2. The molecule has 26 heavy (non-hydrogen) atoms. The highest BCUT2D eigenvalue weighted by Crippen LogP contribution is 2.16. The molecular formula is C18H26ClIN4OS. The monoisotopic (exact) mass is 508 g/mol. The number of benzene rings is 1. The van der Waals surface area contributed by atoms with Gasteiger partial charge in [-0.2, -0.15) is 0 Å². The number of hydrogen-bond acceptors (Lipinski definition) is 4. The van der Waals surface area contributed by atoms with Crippen molar-refractivity contribution in [3.63, 3.8) is 0 Å². The van der Waals surface area contributed by atoms with Crippen molar-refractivity contribution in [2.24, 2.45) is 4.99 Å². The van der Waals surface area contributed by atoms with E-state index in [4.69, 9.17) is 16.3 Å². The predicted molar refractivity (Wildman–Crippen MR) is 121 cm³/mol. The number of nitrogens with one attached hydrogen (secondary N) is 2. The van der Waals surface area contributed by atoms with Crippen LogP contribution >= 0.6 is 46.9 Å². The number of nitrogens with zero attached hydrogens (tertiary/aromatic N) is 2. The van der Waals surface area contributed by atoms with Gasteiger partial charge in [0.2, 0.25) is 0 Å². The van der Waals surface area contributed by atoms with Crippen LogP contribution < -0.4 is 15.4 Å². The van der Waals surface area contributed by atoms with E-state index < -0.39 is 0 Å². The van der Waals surface area contributed by atoms with Gasteiger partial charge in [0.1, 0.15) is 11.9 Å². The van der Waals surface area contributed by atoms with Gasteiger partial charge in [-0.25, -0.2) is 4.98 Å². The Bertz CT molecular complexity index is 678. The Kier molecular flexibility index (Phi) is 10.9. The van der Waals surface area contributed by atoms with Crippen LogP contribution in [-0.2, 0) is 6.42 Å². The molecule has 0 saturated carbocycles. The summed E-state index contributed by atoms with van der Waals surface area (Å²) in [4.78, 5) is 8.71. The van der Waals surface area contributed by atoms with Crippen molar-refractivity contribution in [3.8, 4) is 5.75 Å². The first-order valence-corrected chi connectivity index (χ1v) is 9.60. The van der Waals surface area contributed by atoms with E-state index in [-0.39, 0.29) is 30.1 Å². The summed E-state index contributed by atoms with van der Waals surface area (Å²) >= 11 is 7.60. The van der Waals surface area contributed by atoms with Crippen molar-refractivity contribution in [2.45, 2.75) is 32.8 Å². The lowest BCUT2D eigenvalue weighted by molar-refractivity contribution is 0.224. The van der Waals surface area contributed by atoms with Crippen LogP contribution in [0.5, 0.6) is 5.75 Å². The first-order chi connectivity index (χ1) is 12.1. The third-order valence-corrected chi connectivity index (χ3v) is 4.74. The van der Waals surface area contributed by atoms with Gasteiger partial charge in [0.05, 0.1) is 11.6 Å². The summed E-state index contributed by atoms with van der Waals surface area (Å²) in [6.45, 7) is 5.55. The third kappa shape index (κ3) is 8.55. The van der Waals surface area contributed by atoms with E-state index in [1.165, 1.54) is 5.01 Å². The lowest BCUT2D eigenvalue weighted by atomic mass is 10.3. The number of rotatable bonds is 8. The minimum atomic E-state index is 0. The van der Waals surface area contributed by atoms with Gasteiger partial charge in [0.15, 0.2) is 5.96 Å². The van der Waals surface area contributed by atoms with Gasteiger partial charge in [0, 0.05) is 36.1 Å². The first-order valence-electron chi connectivity index (χ1n) is 8.34. The molecule has 1 aromatic heterocycles. The predicted octanol–water partition coefficient (Wildman–Crippen LogP) is 4.29. The zero-order chi connectivity index (χ0) is 18.1. The molecule has 5 nitrogen and oxygen atoms in total. The minimum Gasteiger partial charge on any atom is -0.489 e. The highest BCUT2D eigenvalue weighted by Gasteiger charge is 2.06. The number of ether oxygens (including phenoxy) is 1. The molecule has 0 aliphatic rings. The molecule has 1 heterocycles. The van der Waals surface area contributed by atoms with E-state index in [1.807, 2.05) is 38.1 Å². The molecule has 1 unspecified atom stereocenters. The van der Waals surface area contributed by atoms with Crippen LogP contribution in [0.25, 0.3) is 0 Å². The summed E-state index contributed by atoms with van der Waals surface area (Å²) < 4.78 is 5.84. The maximum Gasteiger partial charge on any atom is 0.191 e. The highest BCUT2D eigenvalue weighted by atomic mass is 127. The first kappa shape index (κ1) is 23.0. The average Bonchev–Trinajstić information content (AvgIpc) is 3.01. The lowest BCUT2D eigenvalue weighted by Crippen LogP contribution is -2.42. The summed E-state index contributed by atoms with van der Waals surface area (Å²) in [6, 6.07) is 7.38. The molecule has 0 fully saturated rings. The topological polar surface area (TPSA) is 58.5 Å². The second kappa shape index (κ2) is 12.3. The summed E-state index contributed by atoms with van der Waals surface area (Å²) in [7, 11) is 1.77.